The summed E-state index contributed by atoms with van der Waals surface area (Å²) in [6, 6.07) is 0. The van der Waals surface area contributed by atoms with E-state index >= 15 is 0 Å². The Morgan fingerprint density at radius 3 is 2.17 bits per heavy atom. The monoisotopic (exact) mass is 328 g/mol. The van der Waals surface area contributed by atoms with E-state index in [1.165, 1.54) is 12.8 Å². The second-order valence-corrected chi connectivity index (χ2v) is 5.99. The number of unbranched alkanes of at least 4 members (excludes halogenated alkanes) is 6. The summed E-state index contributed by atoms with van der Waals surface area (Å²) >= 11 is 0. The van der Waals surface area contributed by atoms with E-state index in [1.54, 1.807) is 0 Å². The maximum atomic E-state index is 11.8. The fourth-order valence-corrected chi connectivity index (χ4v) is 2.29. The molecule has 0 aliphatic heterocycles. The Hall–Kier alpha value is -1.20. The van der Waals surface area contributed by atoms with Gasteiger partial charge in [0.15, 0.2) is 5.78 Å². The largest absolute Gasteiger partial charge is 0.481 e. The molecule has 134 valence electrons. The lowest BCUT2D eigenvalue weighted by Gasteiger charge is -2.15. The van der Waals surface area contributed by atoms with Crippen molar-refractivity contribution >= 4 is 11.8 Å². The topological polar surface area (TPSA) is 94.8 Å². The molecule has 3 N–H and O–H groups in total. The number of carbonyl (C=O) groups is 2. The zero-order valence-electron chi connectivity index (χ0n) is 14.2. The summed E-state index contributed by atoms with van der Waals surface area (Å²) in [5.74, 6) is -1.14. The maximum Gasteiger partial charge on any atom is 0.303 e. The Morgan fingerprint density at radius 2 is 1.57 bits per heavy atom. The zero-order chi connectivity index (χ0) is 17.5. The minimum Gasteiger partial charge on any atom is -0.481 e. The van der Waals surface area contributed by atoms with E-state index < -0.39 is 18.2 Å². The predicted molar refractivity (Wildman–Crippen MR) is 90.3 cm³/mol. The normalized spacial score (nSPS) is 14.0. The Balaban J connectivity index is 3.75. The summed E-state index contributed by atoms with van der Waals surface area (Å²) in [5, 5.41) is 28.1. The van der Waals surface area contributed by atoms with Crippen LogP contribution in [-0.4, -0.2) is 39.3 Å². The Morgan fingerprint density at radius 1 is 0.913 bits per heavy atom. The van der Waals surface area contributed by atoms with Crippen molar-refractivity contribution in [2.75, 3.05) is 0 Å². The minimum absolute atomic E-state index is 0.153. The molecule has 5 nitrogen and oxygen atoms in total. The number of carboxylic acids is 1. The van der Waals surface area contributed by atoms with Crippen LogP contribution in [0.4, 0.5) is 0 Å². The van der Waals surface area contributed by atoms with Crippen LogP contribution in [0, 0.1) is 0 Å². The molecule has 0 radical (unpaired) electrons. The number of aliphatic hydroxyl groups is 2. The molecule has 23 heavy (non-hydrogen) atoms. The molecule has 5 heteroatoms. The van der Waals surface area contributed by atoms with Gasteiger partial charge in [0, 0.05) is 12.8 Å². The Kier molecular flexibility index (Phi) is 13.6. The second kappa shape index (κ2) is 14.4. The molecule has 0 aromatic rings. The minimum atomic E-state index is -1.32. The van der Waals surface area contributed by atoms with E-state index in [4.69, 9.17) is 5.11 Å². The first-order valence-electron chi connectivity index (χ1n) is 8.74. The first-order chi connectivity index (χ1) is 11.0. The zero-order valence-corrected chi connectivity index (χ0v) is 14.2. The van der Waals surface area contributed by atoms with E-state index in [2.05, 4.69) is 6.92 Å². The molecule has 0 fully saturated rings. The molecule has 2 atom stereocenters. The average Bonchev–Trinajstić information content (AvgIpc) is 2.52. The lowest BCUT2D eigenvalue weighted by atomic mass is 10.0. The summed E-state index contributed by atoms with van der Waals surface area (Å²) < 4.78 is 0. The van der Waals surface area contributed by atoms with Crippen LogP contribution >= 0.6 is 0 Å². The molecule has 0 rings (SSSR count). The summed E-state index contributed by atoms with van der Waals surface area (Å²) in [4.78, 5) is 22.1. The van der Waals surface area contributed by atoms with Gasteiger partial charge in [-0.3, -0.25) is 9.59 Å². The SMILES string of the molecule is CCCCCC=CCC(O)C(O)C(=O)CCCCCCC(=O)O. The van der Waals surface area contributed by atoms with Gasteiger partial charge in [0.25, 0.3) is 0 Å². The van der Waals surface area contributed by atoms with Crippen LogP contribution in [-0.2, 0) is 9.59 Å². The number of allylic oxidation sites excluding steroid dienone is 1. The van der Waals surface area contributed by atoms with Crippen LogP contribution in [0.1, 0.15) is 77.6 Å². The molecule has 0 bridgehead atoms. The van der Waals surface area contributed by atoms with Crippen LogP contribution in [0.5, 0.6) is 0 Å². The molecule has 0 spiro atoms. The van der Waals surface area contributed by atoms with Gasteiger partial charge in [0.2, 0.25) is 0 Å². The molecule has 0 aliphatic rings. The van der Waals surface area contributed by atoms with Gasteiger partial charge in [-0.15, -0.1) is 0 Å². The summed E-state index contributed by atoms with van der Waals surface area (Å²) in [5.41, 5.74) is 0. The quantitative estimate of drug-likeness (QED) is 0.317. The number of hydrogen-bond acceptors (Lipinski definition) is 4. The van der Waals surface area contributed by atoms with Gasteiger partial charge in [-0.2, -0.15) is 0 Å². The van der Waals surface area contributed by atoms with Crippen molar-refractivity contribution in [1.29, 1.82) is 0 Å². The molecule has 0 amide bonds. The van der Waals surface area contributed by atoms with Crippen molar-refractivity contribution in [2.24, 2.45) is 0 Å². The van der Waals surface area contributed by atoms with E-state index in [1.807, 2.05) is 12.2 Å². The smallest absolute Gasteiger partial charge is 0.303 e. The Labute approximate surface area is 139 Å². The van der Waals surface area contributed by atoms with Crippen LogP contribution < -0.4 is 0 Å². The van der Waals surface area contributed by atoms with E-state index in [0.29, 0.717) is 12.8 Å². The van der Waals surface area contributed by atoms with Crippen molar-refractivity contribution < 1.29 is 24.9 Å². The number of carboxylic acid groups (broad SMARTS) is 1. The lowest BCUT2D eigenvalue weighted by Crippen LogP contribution is -2.33. The van der Waals surface area contributed by atoms with E-state index in [9.17, 15) is 19.8 Å². The highest BCUT2D eigenvalue weighted by atomic mass is 16.4. The molecule has 0 aliphatic carbocycles. The van der Waals surface area contributed by atoms with Crippen molar-refractivity contribution in [2.45, 2.75) is 89.8 Å². The third kappa shape index (κ3) is 13.0. The summed E-state index contributed by atoms with van der Waals surface area (Å²) in [6.07, 6.45) is 9.29. The number of Topliss-reactive ketones (excluding diaryl/α,β-unsaturated/α-hetero) is 1. The van der Waals surface area contributed by atoms with Crippen LogP contribution in [0.3, 0.4) is 0 Å². The van der Waals surface area contributed by atoms with Gasteiger partial charge in [-0.05, 0) is 32.1 Å². The number of rotatable bonds is 15. The van der Waals surface area contributed by atoms with Gasteiger partial charge in [0.05, 0.1) is 6.10 Å². The molecule has 2 unspecified atom stereocenters. The molecule has 0 aromatic heterocycles. The summed E-state index contributed by atoms with van der Waals surface area (Å²) in [6.45, 7) is 2.14. The van der Waals surface area contributed by atoms with Gasteiger partial charge < -0.3 is 15.3 Å². The van der Waals surface area contributed by atoms with Crippen molar-refractivity contribution in [3.8, 4) is 0 Å². The van der Waals surface area contributed by atoms with Crippen molar-refractivity contribution in [3.05, 3.63) is 12.2 Å². The fourth-order valence-electron chi connectivity index (χ4n) is 2.29. The number of hydrogen-bond donors (Lipinski definition) is 3. The van der Waals surface area contributed by atoms with Gasteiger partial charge in [0.1, 0.15) is 6.10 Å². The second-order valence-electron chi connectivity index (χ2n) is 5.99. The van der Waals surface area contributed by atoms with E-state index in [-0.39, 0.29) is 25.0 Å². The molecular formula is C18H32O5. The summed E-state index contributed by atoms with van der Waals surface area (Å²) in [7, 11) is 0. The van der Waals surface area contributed by atoms with Crippen LogP contribution in [0.15, 0.2) is 12.2 Å². The van der Waals surface area contributed by atoms with Crippen molar-refractivity contribution in [1.82, 2.24) is 0 Å². The number of carbonyl (C=O) groups excluding carboxylic acids is 1. The maximum absolute atomic E-state index is 11.8. The first kappa shape index (κ1) is 21.8. The Bertz CT molecular complexity index is 351. The molecule has 0 saturated carbocycles. The number of aliphatic hydroxyl groups excluding tert-OH is 2. The first-order valence-corrected chi connectivity index (χ1v) is 8.74. The lowest BCUT2D eigenvalue weighted by molar-refractivity contribution is -0.137. The molecule has 0 saturated heterocycles. The highest BCUT2D eigenvalue weighted by molar-refractivity contribution is 5.83. The van der Waals surface area contributed by atoms with Crippen LogP contribution in [0.25, 0.3) is 0 Å². The molecular weight excluding hydrogens is 296 g/mol. The van der Waals surface area contributed by atoms with Crippen LogP contribution in [0.2, 0.25) is 0 Å². The number of aliphatic carboxylic acids is 1. The van der Waals surface area contributed by atoms with Crippen molar-refractivity contribution in [3.63, 3.8) is 0 Å². The molecule has 0 aromatic carbocycles. The standard InChI is InChI=1S/C18H32O5/c1-2-3-4-5-6-9-12-15(19)18(23)16(20)13-10-7-8-11-14-17(21)22/h6,9,15,18-19,23H,2-5,7-8,10-14H2,1H3,(H,21,22). The fraction of sp³-hybridized carbons (Fsp3) is 0.778. The molecule has 0 heterocycles. The highest BCUT2D eigenvalue weighted by Crippen LogP contribution is 2.10. The average molecular weight is 328 g/mol. The highest BCUT2D eigenvalue weighted by Gasteiger charge is 2.22. The van der Waals surface area contributed by atoms with Gasteiger partial charge in [-0.1, -0.05) is 44.8 Å². The third-order valence-electron chi connectivity index (χ3n) is 3.78. The van der Waals surface area contributed by atoms with E-state index in [0.717, 1.165) is 25.7 Å². The van der Waals surface area contributed by atoms with Gasteiger partial charge >= 0.3 is 5.97 Å². The third-order valence-corrected chi connectivity index (χ3v) is 3.78. The predicted octanol–water partition coefficient (Wildman–Crippen LogP) is 3.23. The number of ketones is 1. The van der Waals surface area contributed by atoms with Gasteiger partial charge in [-0.25, -0.2) is 0 Å².